The molecule has 0 bridgehead atoms. The lowest BCUT2D eigenvalue weighted by molar-refractivity contribution is -0.140. The maximum absolute atomic E-state index is 12.4. The molecule has 6 nitrogen and oxygen atoms in total. The molecule has 2 N–H and O–H groups in total. The van der Waals surface area contributed by atoms with Crippen LogP contribution < -0.4 is 10.5 Å². The highest BCUT2D eigenvalue weighted by molar-refractivity contribution is 5.82. The van der Waals surface area contributed by atoms with Gasteiger partial charge >= 0.3 is 0 Å². The van der Waals surface area contributed by atoms with Crippen molar-refractivity contribution in [1.82, 2.24) is 9.80 Å². The SMILES string of the molecule is CCCC(N)C(=O)N1CCN(C(=O)Cc2cccc(OC)c2)CC1. The quantitative estimate of drug-likeness (QED) is 0.844. The van der Waals surface area contributed by atoms with Gasteiger partial charge in [-0.1, -0.05) is 25.5 Å². The molecule has 1 saturated heterocycles. The van der Waals surface area contributed by atoms with E-state index in [4.69, 9.17) is 10.5 Å². The minimum atomic E-state index is -0.422. The van der Waals surface area contributed by atoms with Crippen LogP contribution >= 0.6 is 0 Å². The summed E-state index contributed by atoms with van der Waals surface area (Å²) in [5, 5.41) is 0. The van der Waals surface area contributed by atoms with Gasteiger partial charge in [-0.15, -0.1) is 0 Å². The Morgan fingerprint density at radius 2 is 1.88 bits per heavy atom. The van der Waals surface area contributed by atoms with Crippen molar-refractivity contribution >= 4 is 11.8 Å². The van der Waals surface area contributed by atoms with E-state index in [0.29, 0.717) is 39.0 Å². The fourth-order valence-electron chi connectivity index (χ4n) is 2.91. The van der Waals surface area contributed by atoms with Crippen molar-refractivity contribution in [3.8, 4) is 5.75 Å². The number of nitrogens with two attached hydrogens (primary N) is 1. The van der Waals surface area contributed by atoms with Crippen molar-refractivity contribution < 1.29 is 14.3 Å². The van der Waals surface area contributed by atoms with E-state index in [1.165, 1.54) is 0 Å². The number of amides is 2. The summed E-state index contributed by atoms with van der Waals surface area (Å²) in [5.41, 5.74) is 6.83. The van der Waals surface area contributed by atoms with Crippen LogP contribution in [0, 0.1) is 0 Å². The minimum absolute atomic E-state index is 0.00301. The number of benzene rings is 1. The molecule has 2 rings (SSSR count). The lowest BCUT2D eigenvalue weighted by atomic mass is 10.1. The van der Waals surface area contributed by atoms with E-state index in [0.717, 1.165) is 17.7 Å². The Morgan fingerprint density at radius 3 is 2.50 bits per heavy atom. The molecule has 0 saturated carbocycles. The molecule has 1 unspecified atom stereocenters. The number of piperazine rings is 1. The molecule has 132 valence electrons. The molecule has 24 heavy (non-hydrogen) atoms. The van der Waals surface area contributed by atoms with E-state index in [9.17, 15) is 9.59 Å². The molecule has 1 aliphatic heterocycles. The minimum Gasteiger partial charge on any atom is -0.497 e. The Labute approximate surface area is 143 Å². The molecule has 1 aromatic carbocycles. The zero-order valence-corrected chi connectivity index (χ0v) is 14.5. The van der Waals surface area contributed by atoms with Gasteiger partial charge in [0.05, 0.1) is 19.6 Å². The average molecular weight is 333 g/mol. The highest BCUT2D eigenvalue weighted by atomic mass is 16.5. The third-order valence-electron chi connectivity index (χ3n) is 4.35. The summed E-state index contributed by atoms with van der Waals surface area (Å²) in [6, 6.07) is 7.12. The number of methoxy groups -OCH3 is 1. The zero-order valence-electron chi connectivity index (χ0n) is 14.5. The first kappa shape index (κ1) is 18.3. The second kappa shape index (κ2) is 8.68. The van der Waals surface area contributed by atoms with Crippen molar-refractivity contribution in [2.75, 3.05) is 33.3 Å². The number of nitrogens with zero attached hydrogens (tertiary/aromatic N) is 2. The fraction of sp³-hybridized carbons (Fsp3) is 0.556. The molecule has 0 aromatic heterocycles. The standard InChI is InChI=1S/C18H27N3O3/c1-3-5-16(19)18(23)21-10-8-20(9-11-21)17(22)13-14-6-4-7-15(12-14)24-2/h4,6-7,12,16H,3,5,8-11,13,19H2,1-2H3. The number of hydrogen-bond acceptors (Lipinski definition) is 4. The second-order valence-electron chi connectivity index (χ2n) is 6.13. The van der Waals surface area contributed by atoms with Crippen LogP contribution in [0.4, 0.5) is 0 Å². The van der Waals surface area contributed by atoms with Gasteiger partial charge in [0.25, 0.3) is 0 Å². The Balaban J connectivity index is 1.85. The van der Waals surface area contributed by atoms with Crippen LogP contribution in [-0.4, -0.2) is 60.9 Å². The van der Waals surface area contributed by atoms with E-state index in [1.807, 2.05) is 36.1 Å². The van der Waals surface area contributed by atoms with Gasteiger partial charge in [0.15, 0.2) is 0 Å². The van der Waals surface area contributed by atoms with Gasteiger partial charge in [-0.25, -0.2) is 0 Å². The van der Waals surface area contributed by atoms with Gasteiger partial charge in [-0.3, -0.25) is 9.59 Å². The van der Waals surface area contributed by atoms with Crippen LogP contribution in [-0.2, 0) is 16.0 Å². The molecule has 2 amide bonds. The Morgan fingerprint density at radius 1 is 1.21 bits per heavy atom. The van der Waals surface area contributed by atoms with Crippen LogP contribution in [0.1, 0.15) is 25.3 Å². The predicted octanol–water partition coefficient (Wildman–Crippen LogP) is 1.04. The summed E-state index contributed by atoms with van der Waals surface area (Å²) in [5.74, 6) is 0.825. The first-order chi connectivity index (χ1) is 11.5. The van der Waals surface area contributed by atoms with Crippen LogP contribution in [0.2, 0.25) is 0 Å². The van der Waals surface area contributed by atoms with Crippen molar-refractivity contribution in [3.05, 3.63) is 29.8 Å². The molecule has 0 spiro atoms. The summed E-state index contributed by atoms with van der Waals surface area (Å²) < 4.78 is 5.18. The molecule has 1 fully saturated rings. The number of ether oxygens (including phenoxy) is 1. The van der Waals surface area contributed by atoms with E-state index in [2.05, 4.69) is 0 Å². The summed E-state index contributed by atoms with van der Waals surface area (Å²) >= 11 is 0. The van der Waals surface area contributed by atoms with Crippen LogP contribution in [0.25, 0.3) is 0 Å². The molecule has 1 aromatic rings. The topological polar surface area (TPSA) is 75.9 Å². The maximum atomic E-state index is 12.4. The van der Waals surface area contributed by atoms with Crippen molar-refractivity contribution in [1.29, 1.82) is 0 Å². The van der Waals surface area contributed by atoms with E-state index >= 15 is 0 Å². The molecule has 1 heterocycles. The largest absolute Gasteiger partial charge is 0.497 e. The Kier molecular flexibility index (Phi) is 6.61. The van der Waals surface area contributed by atoms with Gasteiger partial charge in [0, 0.05) is 26.2 Å². The molecule has 6 heteroatoms. The number of hydrogen-bond donors (Lipinski definition) is 1. The lowest BCUT2D eigenvalue weighted by Crippen LogP contribution is -2.54. The highest BCUT2D eigenvalue weighted by Crippen LogP contribution is 2.14. The number of rotatable bonds is 6. The predicted molar refractivity (Wildman–Crippen MR) is 92.7 cm³/mol. The Bertz CT molecular complexity index is 568. The van der Waals surface area contributed by atoms with Crippen molar-refractivity contribution in [2.45, 2.75) is 32.2 Å². The summed E-state index contributed by atoms with van der Waals surface area (Å²) in [7, 11) is 1.61. The summed E-state index contributed by atoms with van der Waals surface area (Å²) in [6.45, 7) is 4.25. The molecular formula is C18H27N3O3. The molecule has 1 atom stereocenters. The molecular weight excluding hydrogens is 306 g/mol. The third kappa shape index (κ3) is 4.71. The number of carbonyl (C=O) groups excluding carboxylic acids is 2. The van der Waals surface area contributed by atoms with E-state index in [-0.39, 0.29) is 11.8 Å². The first-order valence-corrected chi connectivity index (χ1v) is 8.50. The van der Waals surface area contributed by atoms with Crippen LogP contribution in [0.15, 0.2) is 24.3 Å². The zero-order chi connectivity index (χ0) is 17.5. The number of carbonyl (C=O) groups is 2. The smallest absolute Gasteiger partial charge is 0.239 e. The fourth-order valence-corrected chi connectivity index (χ4v) is 2.91. The molecule has 0 radical (unpaired) electrons. The molecule has 1 aliphatic rings. The van der Waals surface area contributed by atoms with Crippen LogP contribution in [0.3, 0.4) is 0 Å². The van der Waals surface area contributed by atoms with Crippen molar-refractivity contribution in [2.24, 2.45) is 5.73 Å². The van der Waals surface area contributed by atoms with Gasteiger partial charge in [0.2, 0.25) is 11.8 Å². The summed E-state index contributed by atoms with van der Waals surface area (Å²) in [6.07, 6.45) is 1.94. The second-order valence-corrected chi connectivity index (χ2v) is 6.13. The summed E-state index contributed by atoms with van der Waals surface area (Å²) in [4.78, 5) is 28.2. The van der Waals surface area contributed by atoms with Crippen LogP contribution in [0.5, 0.6) is 5.75 Å². The normalized spacial score (nSPS) is 16.0. The monoisotopic (exact) mass is 333 g/mol. The first-order valence-electron chi connectivity index (χ1n) is 8.50. The van der Waals surface area contributed by atoms with E-state index in [1.54, 1.807) is 12.0 Å². The van der Waals surface area contributed by atoms with Crippen molar-refractivity contribution in [3.63, 3.8) is 0 Å². The van der Waals surface area contributed by atoms with Gasteiger partial charge < -0.3 is 20.3 Å². The van der Waals surface area contributed by atoms with E-state index < -0.39 is 6.04 Å². The van der Waals surface area contributed by atoms with Gasteiger partial charge in [-0.05, 0) is 24.1 Å². The lowest BCUT2D eigenvalue weighted by Gasteiger charge is -2.36. The maximum Gasteiger partial charge on any atom is 0.239 e. The third-order valence-corrected chi connectivity index (χ3v) is 4.35. The Hall–Kier alpha value is -2.08. The average Bonchev–Trinajstić information content (AvgIpc) is 2.61. The van der Waals surface area contributed by atoms with Gasteiger partial charge in [0.1, 0.15) is 5.75 Å². The molecule has 0 aliphatic carbocycles. The van der Waals surface area contributed by atoms with Gasteiger partial charge in [-0.2, -0.15) is 0 Å². The highest BCUT2D eigenvalue weighted by Gasteiger charge is 2.26.